The molecule has 2 aromatic carbocycles. The normalized spacial score (nSPS) is 19.7. The van der Waals surface area contributed by atoms with Crippen molar-refractivity contribution in [2.45, 2.75) is 76.9 Å². The number of benzene rings is 2. The maximum atomic E-state index is 12.6. The summed E-state index contributed by atoms with van der Waals surface area (Å²) in [7, 11) is 0. The third-order valence-corrected chi connectivity index (χ3v) is 8.05. The Kier molecular flexibility index (Phi) is 8.45. The average Bonchev–Trinajstić information content (AvgIpc) is 2.85. The molecule has 2 aliphatic rings. The van der Waals surface area contributed by atoms with E-state index in [-0.39, 0.29) is 18.2 Å². The molecule has 2 atom stereocenters. The Morgan fingerprint density at radius 3 is 2.44 bits per heavy atom. The molecule has 1 amide bonds. The number of hydrogen-bond acceptors (Lipinski definition) is 4. The van der Waals surface area contributed by atoms with Crippen molar-refractivity contribution >= 4 is 33.8 Å². The van der Waals surface area contributed by atoms with Crippen LogP contribution in [0.2, 0.25) is 0 Å². The topological polar surface area (TPSA) is 82.1 Å². The Morgan fingerprint density at radius 1 is 1.12 bits per heavy atom. The number of rotatable bonds is 7. The fraction of sp³-hybridized carbons (Fsp3) is 0.577. The monoisotopic (exact) mass is 487 g/mol. The lowest BCUT2D eigenvalue weighted by atomic mass is 9.92. The van der Waals surface area contributed by atoms with Gasteiger partial charge in [-0.05, 0) is 56.5 Å². The van der Waals surface area contributed by atoms with Crippen molar-refractivity contribution in [3.63, 3.8) is 0 Å². The number of nitrogens with zero attached hydrogens (tertiary/aromatic N) is 2. The molecule has 1 heterocycles. The van der Waals surface area contributed by atoms with Crippen LogP contribution < -0.4 is 9.62 Å². The number of amides is 1. The van der Waals surface area contributed by atoms with Crippen LogP contribution in [0.3, 0.4) is 0 Å². The highest BCUT2D eigenvalue weighted by Crippen LogP contribution is 2.36. The van der Waals surface area contributed by atoms with Gasteiger partial charge in [-0.25, -0.2) is 9.00 Å². The molecule has 2 aromatic rings. The molecule has 1 aliphatic carbocycles. The predicted octanol–water partition coefficient (Wildman–Crippen LogP) is 5.39. The van der Waals surface area contributed by atoms with E-state index < -0.39 is 11.3 Å². The standard InChI is InChI=1S/C26H37N3O4S/c1-3-33-26(30)28-17-15-21(16-18-28)29(34(31)32)25-14-13-22(23-11-7-8-12-24(23)25)19(2)27-20-9-5-4-6-10-20/h7-8,11-14,19-21,27H,3-6,9-10,15-18H2,1-2H3,(H,31,32). The Bertz CT molecular complexity index is 1000. The summed E-state index contributed by atoms with van der Waals surface area (Å²) in [4.78, 5) is 13.8. The fourth-order valence-corrected chi connectivity index (χ4v) is 6.29. The average molecular weight is 488 g/mol. The molecule has 0 spiro atoms. The van der Waals surface area contributed by atoms with Gasteiger partial charge in [0.05, 0.1) is 12.3 Å². The second-order valence-electron chi connectivity index (χ2n) is 9.42. The number of fused-ring (bicyclic) bond motifs is 1. The van der Waals surface area contributed by atoms with Crippen LogP contribution in [0, 0.1) is 0 Å². The summed E-state index contributed by atoms with van der Waals surface area (Å²) in [6.45, 7) is 5.37. The van der Waals surface area contributed by atoms with Gasteiger partial charge in [0.1, 0.15) is 0 Å². The molecular formula is C26H37N3O4S. The number of piperidine rings is 1. The highest BCUT2D eigenvalue weighted by Gasteiger charge is 2.31. The molecule has 4 rings (SSSR count). The molecule has 2 unspecified atom stereocenters. The molecule has 186 valence electrons. The van der Waals surface area contributed by atoms with Crippen molar-refractivity contribution in [1.82, 2.24) is 10.2 Å². The number of carbonyl (C=O) groups excluding carboxylic acids is 1. The lowest BCUT2D eigenvalue weighted by Gasteiger charge is -2.37. The number of likely N-dealkylation sites (tertiary alicyclic amines) is 1. The molecule has 1 saturated heterocycles. The molecule has 7 nitrogen and oxygen atoms in total. The Hall–Kier alpha value is -2.16. The number of hydrogen-bond donors (Lipinski definition) is 2. The number of nitrogens with one attached hydrogen (secondary N) is 1. The molecule has 0 radical (unpaired) electrons. The van der Waals surface area contributed by atoms with E-state index in [1.165, 1.54) is 37.7 Å². The van der Waals surface area contributed by atoms with Crippen LogP contribution in [0.4, 0.5) is 10.5 Å². The second-order valence-corrected chi connectivity index (χ2v) is 10.3. The molecule has 1 aliphatic heterocycles. The van der Waals surface area contributed by atoms with E-state index in [9.17, 15) is 13.6 Å². The quantitative estimate of drug-likeness (QED) is 0.512. The SMILES string of the molecule is CCOC(=O)N1CCC(N(c2ccc(C(C)NC3CCCCC3)c3ccccc23)S(=O)O)CC1. The minimum absolute atomic E-state index is 0.136. The third-order valence-electron chi connectivity index (χ3n) is 7.22. The summed E-state index contributed by atoms with van der Waals surface area (Å²) in [5.41, 5.74) is 1.98. The van der Waals surface area contributed by atoms with E-state index in [1.807, 2.05) is 24.3 Å². The fourth-order valence-electron chi connectivity index (χ4n) is 5.49. The molecule has 2 N–H and O–H groups in total. The van der Waals surface area contributed by atoms with Gasteiger partial charge in [0.25, 0.3) is 11.3 Å². The minimum Gasteiger partial charge on any atom is -0.450 e. The molecule has 2 fully saturated rings. The summed E-state index contributed by atoms with van der Waals surface area (Å²) in [5, 5.41) is 5.90. The molecule has 0 bridgehead atoms. The van der Waals surface area contributed by atoms with Crippen molar-refractivity contribution in [3.05, 3.63) is 42.0 Å². The van der Waals surface area contributed by atoms with Crippen LogP contribution in [0.15, 0.2) is 36.4 Å². The second kappa shape index (κ2) is 11.5. The van der Waals surface area contributed by atoms with Crippen LogP contribution in [0.5, 0.6) is 0 Å². The highest BCUT2D eigenvalue weighted by atomic mass is 32.2. The highest BCUT2D eigenvalue weighted by molar-refractivity contribution is 7.80. The molecular weight excluding hydrogens is 450 g/mol. The summed E-state index contributed by atoms with van der Waals surface area (Å²) < 4.78 is 29.6. The van der Waals surface area contributed by atoms with E-state index in [4.69, 9.17) is 4.74 Å². The van der Waals surface area contributed by atoms with Crippen LogP contribution in [-0.2, 0) is 16.0 Å². The summed E-state index contributed by atoms with van der Waals surface area (Å²) in [6.07, 6.45) is 7.27. The first-order valence-corrected chi connectivity index (χ1v) is 13.7. The molecule has 1 saturated carbocycles. The summed E-state index contributed by atoms with van der Waals surface area (Å²) in [6, 6.07) is 12.9. The first-order valence-electron chi connectivity index (χ1n) is 12.6. The van der Waals surface area contributed by atoms with E-state index in [0.29, 0.717) is 38.6 Å². The van der Waals surface area contributed by atoms with Gasteiger partial charge in [-0.3, -0.25) is 8.86 Å². The third kappa shape index (κ3) is 5.56. The van der Waals surface area contributed by atoms with E-state index in [0.717, 1.165) is 16.5 Å². The number of ether oxygens (including phenoxy) is 1. The Morgan fingerprint density at radius 2 is 1.79 bits per heavy atom. The van der Waals surface area contributed by atoms with Crippen molar-refractivity contribution in [3.8, 4) is 0 Å². The van der Waals surface area contributed by atoms with Crippen molar-refractivity contribution in [2.24, 2.45) is 0 Å². The zero-order chi connectivity index (χ0) is 24.1. The molecule has 0 aromatic heterocycles. The van der Waals surface area contributed by atoms with Gasteiger partial charge >= 0.3 is 6.09 Å². The van der Waals surface area contributed by atoms with Gasteiger partial charge in [0.15, 0.2) is 0 Å². The van der Waals surface area contributed by atoms with Crippen LogP contribution in [-0.4, -0.2) is 51.5 Å². The van der Waals surface area contributed by atoms with Crippen molar-refractivity contribution in [2.75, 3.05) is 24.0 Å². The Balaban J connectivity index is 1.58. The number of carbonyl (C=O) groups is 1. The zero-order valence-corrected chi connectivity index (χ0v) is 21.1. The Labute approximate surface area is 205 Å². The minimum atomic E-state index is -2.17. The van der Waals surface area contributed by atoms with Gasteiger partial charge < -0.3 is 15.0 Å². The maximum absolute atomic E-state index is 12.6. The molecule has 8 heteroatoms. The first kappa shape index (κ1) is 24.9. The van der Waals surface area contributed by atoms with E-state index in [2.05, 4.69) is 24.4 Å². The van der Waals surface area contributed by atoms with Crippen LogP contribution >= 0.6 is 0 Å². The predicted molar refractivity (Wildman–Crippen MR) is 137 cm³/mol. The van der Waals surface area contributed by atoms with Gasteiger partial charge in [0.2, 0.25) is 0 Å². The van der Waals surface area contributed by atoms with Crippen LogP contribution in [0.1, 0.15) is 70.4 Å². The summed E-state index contributed by atoms with van der Waals surface area (Å²) >= 11 is -2.17. The maximum Gasteiger partial charge on any atom is 0.409 e. The smallest absolute Gasteiger partial charge is 0.409 e. The number of anilines is 1. The van der Waals surface area contributed by atoms with E-state index in [1.54, 1.807) is 16.1 Å². The van der Waals surface area contributed by atoms with Crippen LogP contribution in [0.25, 0.3) is 10.8 Å². The summed E-state index contributed by atoms with van der Waals surface area (Å²) in [5.74, 6) is 0. The largest absolute Gasteiger partial charge is 0.450 e. The van der Waals surface area contributed by atoms with Crippen molar-refractivity contribution < 1.29 is 18.3 Å². The van der Waals surface area contributed by atoms with Crippen molar-refractivity contribution in [1.29, 1.82) is 0 Å². The van der Waals surface area contributed by atoms with Gasteiger partial charge in [-0.15, -0.1) is 0 Å². The first-order chi connectivity index (χ1) is 16.5. The lowest BCUT2D eigenvalue weighted by molar-refractivity contribution is 0.0976. The van der Waals surface area contributed by atoms with E-state index >= 15 is 0 Å². The lowest BCUT2D eigenvalue weighted by Crippen LogP contribution is -2.47. The van der Waals surface area contributed by atoms with Gasteiger partial charge in [0, 0.05) is 36.6 Å². The molecule has 34 heavy (non-hydrogen) atoms. The van der Waals surface area contributed by atoms with Gasteiger partial charge in [-0.2, -0.15) is 0 Å². The van der Waals surface area contributed by atoms with Gasteiger partial charge in [-0.1, -0.05) is 49.6 Å². The zero-order valence-electron chi connectivity index (χ0n) is 20.2.